The first-order valence-electron chi connectivity index (χ1n) is 11.0. The van der Waals surface area contributed by atoms with Crippen molar-refractivity contribution in [2.24, 2.45) is 10.9 Å². The van der Waals surface area contributed by atoms with Gasteiger partial charge in [0.15, 0.2) is 17.5 Å². The number of halogens is 3. The summed E-state index contributed by atoms with van der Waals surface area (Å²) in [5.41, 5.74) is 0.720. The minimum Gasteiger partial charge on any atom is -0.493 e. The van der Waals surface area contributed by atoms with Crippen LogP contribution in [0.4, 0.5) is 8.78 Å². The third-order valence-electron chi connectivity index (χ3n) is 5.75. The van der Waals surface area contributed by atoms with Crippen LogP contribution < -0.4 is 20.1 Å². The molecule has 10 heteroatoms. The van der Waals surface area contributed by atoms with E-state index < -0.39 is 6.61 Å². The molecule has 0 spiro atoms. The van der Waals surface area contributed by atoms with Crippen LogP contribution in [0.25, 0.3) is 0 Å². The molecule has 1 aliphatic heterocycles. The fraction of sp³-hybridized carbons (Fsp3) is 0.636. The molecule has 1 saturated heterocycles. The van der Waals surface area contributed by atoms with E-state index >= 15 is 0 Å². The molecule has 1 aliphatic carbocycles. The first-order chi connectivity index (χ1) is 15.0. The summed E-state index contributed by atoms with van der Waals surface area (Å²) in [6, 6.07) is 5.00. The topological polar surface area (TPSA) is 75.2 Å². The number of nitrogens with one attached hydrogen (secondary N) is 2. The molecule has 2 N–H and O–H groups in total. The third kappa shape index (κ3) is 7.35. The van der Waals surface area contributed by atoms with Crippen LogP contribution in [0, 0.1) is 5.92 Å². The number of ether oxygens (including phenoxy) is 2. The van der Waals surface area contributed by atoms with Gasteiger partial charge in [0.05, 0.1) is 13.7 Å². The van der Waals surface area contributed by atoms with Gasteiger partial charge < -0.3 is 25.0 Å². The van der Waals surface area contributed by atoms with Crippen molar-refractivity contribution in [1.82, 2.24) is 15.5 Å². The zero-order valence-electron chi connectivity index (χ0n) is 18.6. The molecule has 1 aromatic carbocycles. The Labute approximate surface area is 205 Å². The van der Waals surface area contributed by atoms with E-state index in [2.05, 4.69) is 20.4 Å². The second-order valence-electron chi connectivity index (χ2n) is 7.95. The van der Waals surface area contributed by atoms with Crippen molar-refractivity contribution in [2.45, 2.75) is 58.2 Å². The van der Waals surface area contributed by atoms with Gasteiger partial charge in [-0.2, -0.15) is 8.78 Å². The molecule has 3 rings (SSSR count). The van der Waals surface area contributed by atoms with Crippen LogP contribution in [-0.4, -0.2) is 56.2 Å². The number of carbonyl (C=O) groups excluding carboxylic acids is 1. The number of carbonyl (C=O) groups is 1. The molecule has 1 atom stereocenters. The highest BCUT2D eigenvalue weighted by atomic mass is 127. The van der Waals surface area contributed by atoms with Crippen LogP contribution >= 0.6 is 24.0 Å². The Morgan fingerprint density at radius 1 is 1.25 bits per heavy atom. The Morgan fingerprint density at radius 3 is 2.66 bits per heavy atom. The van der Waals surface area contributed by atoms with Gasteiger partial charge in [-0.15, -0.1) is 24.0 Å². The van der Waals surface area contributed by atoms with Gasteiger partial charge in [0.1, 0.15) is 0 Å². The highest BCUT2D eigenvalue weighted by Crippen LogP contribution is 2.30. The lowest BCUT2D eigenvalue weighted by Crippen LogP contribution is -2.45. The Balaban J connectivity index is 0.00000363. The van der Waals surface area contributed by atoms with E-state index in [1.165, 1.54) is 13.2 Å². The summed E-state index contributed by atoms with van der Waals surface area (Å²) >= 11 is 0. The van der Waals surface area contributed by atoms with E-state index in [9.17, 15) is 13.6 Å². The quantitative estimate of drug-likeness (QED) is 0.285. The maximum Gasteiger partial charge on any atom is 0.387 e. The second-order valence-corrected chi connectivity index (χ2v) is 7.95. The molecule has 0 aromatic heterocycles. The highest BCUT2D eigenvalue weighted by Gasteiger charge is 2.32. The molecule has 0 bridgehead atoms. The van der Waals surface area contributed by atoms with Gasteiger partial charge in [-0.1, -0.05) is 18.9 Å². The maximum atomic E-state index is 12.7. The van der Waals surface area contributed by atoms with Crippen molar-refractivity contribution >= 4 is 35.8 Å². The molecule has 1 saturated carbocycles. The fourth-order valence-electron chi connectivity index (χ4n) is 4.20. The number of rotatable bonds is 8. The van der Waals surface area contributed by atoms with Gasteiger partial charge >= 0.3 is 6.61 Å². The van der Waals surface area contributed by atoms with Crippen LogP contribution in [-0.2, 0) is 11.3 Å². The molecule has 180 valence electrons. The van der Waals surface area contributed by atoms with Crippen LogP contribution in [0.1, 0.15) is 44.6 Å². The van der Waals surface area contributed by atoms with E-state index in [0.717, 1.165) is 44.2 Å². The lowest BCUT2D eigenvalue weighted by atomic mass is 10.1. The number of methoxy groups -OCH3 is 1. The summed E-state index contributed by atoms with van der Waals surface area (Å²) in [6.07, 6.45) is 5.20. The maximum absolute atomic E-state index is 12.7. The molecule has 1 unspecified atom stereocenters. The molecule has 1 heterocycles. The molecule has 7 nitrogen and oxygen atoms in total. The average Bonchev–Trinajstić information content (AvgIpc) is 3.44. The third-order valence-corrected chi connectivity index (χ3v) is 5.75. The minimum atomic E-state index is -2.93. The Bertz CT molecular complexity index is 776. The van der Waals surface area contributed by atoms with Gasteiger partial charge in [-0.25, -0.2) is 4.99 Å². The predicted octanol–water partition coefficient (Wildman–Crippen LogP) is 3.76. The van der Waals surface area contributed by atoms with Gasteiger partial charge in [-0.05, 0) is 43.9 Å². The first-order valence-corrected chi connectivity index (χ1v) is 11.0. The smallest absolute Gasteiger partial charge is 0.387 e. The van der Waals surface area contributed by atoms with Crippen molar-refractivity contribution in [3.05, 3.63) is 23.8 Å². The lowest BCUT2D eigenvalue weighted by molar-refractivity contribution is -0.134. The summed E-state index contributed by atoms with van der Waals surface area (Å²) in [7, 11) is 1.40. The van der Waals surface area contributed by atoms with Crippen LogP contribution in [0.15, 0.2) is 23.2 Å². The lowest BCUT2D eigenvalue weighted by Gasteiger charge is -2.21. The van der Waals surface area contributed by atoms with Crippen LogP contribution in [0.3, 0.4) is 0 Å². The summed E-state index contributed by atoms with van der Waals surface area (Å²) in [5, 5.41) is 6.61. The first kappa shape index (κ1) is 26.4. The summed E-state index contributed by atoms with van der Waals surface area (Å²) < 4.78 is 34.9. The standard InChI is InChI=1S/C22H32F2N4O3.HI/c1-3-25-22(26-13-15-8-9-18(30-2)19(12-15)31-21(23)24)27-17-10-11-28(14-17)20(29)16-6-4-5-7-16;/h8-9,12,16-17,21H,3-7,10-11,13-14H2,1-2H3,(H2,25,26,27);1H. The van der Waals surface area contributed by atoms with Gasteiger partial charge in [0.2, 0.25) is 5.91 Å². The van der Waals surface area contributed by atoms with Crippen LogP contribution in [0.5, 0.6) is 11.5 Å². The predicted molar refractivity (Wildman–Crippen MR) is 130 cm³/mol. The zero-order chi connectivity index (χ0) is 22.2. The number of aliphatic imine (C=N–C) groups is 1. The molecule has 1 aromatic rings. The van der Waals surface area contributed by atoms with Crippen LogP contribution in [0.2, 0.25) is 0 Å². The number of benzene rings is 1. The monoisotopic (exact) mass is 566 g/mol. The summed E-state index contributed by atoms with van der Waals surface area (Å²) in [5.74, 6) is 1.35. The molecule has 2 aliphatic rings. The van der Waals surface area contributed by atoms with Gasteiger partial charge in [-0.3, -0.25) is 4.79 Å². The summed E-state index contributed by atoms with van der Waals surface area (Å²) in [4.78, 5) is 19.2. The molecule has 0 radical (unpaired) electrons. The minimum absolute atomic E-state index is 0. The second kappa shape index (κ2) is 13.0. The van der Waals surface area contributed by atoms with Crippen molar-refractivity contribution in [3.63, 3.8) is 0 Å². The number of hydrogen-bond donors (Lipinski definition) is 2. The number of amides is 1. The normalized spacial score (nSPS) is 19.1. The summed E-state index contributed by atoms with van der Waals surface area (Å²) in [6.45, 7) is 1.46. The Hall–Kier alpha value is -1.85. The van der Waals surface area contributed by atoms with E-state index in [1.807, 2.05) is 11.8 Å². The molecule has 1 amide bonds. The van der Waals surface area contributed by atoms with Crippen molar-refractivity contribution in [2.75, 3.05) is 26.7 Å². The van der Waals surface area contributed by atoms with Crippen molar-refractivity contribution in [1.29, 1.82) is 0 Å². The van der Waals surface area contributed by atoms with E-state index in [1.54, 1.807) is 12.1 Å². The van der Waals surface area contributed by atoms with Crippen molar-refractivity contribution in [3.8, 4) is 11.5 Å². The largest absolute Gasteiger partial charge is 0.493 e. The zero-order valence-corrected chi connectivity index (χ0v) is 20.9. The van der Waals surface area contributed by atoms with Gasteiger partial charge in [0, 0.05) is 31.6 Å². The van der Waals surface area contributed by atoms with Gasteiger partial charge in [0.25, 0.3) is 0 Å². The van der Waals surface area contributed by atoms with E-state index in [4.69, 9.17) is 4.74 Å². The fourth-order valence-corrected chi connectivity index (χ4v) is 4.20. The molecular formula is C22H33F2IN4O3. The molecule has 2 fully saturated rings. The number of likely N-dealkylation sites (tertiary alicyclic amines) is 1. The SMILES string of the molecule is CCNC(=NCc1ccc(OC)c(OC(F)F)c1)NC1CCN(C(=O)C2CCCC2)C1.I. The highest BCUT2D eigenvalue weighted by molar-refractivity contribution is 14.0. The number of nitrogens with zero attached hydrogens (tertiary/aromatic N) is 2. The Morgan fingerprint density at radius 2 is 2.00 bits per heavy atom. The number of hydrogen-bond acceptors (Lipinski definition) is 4. The molecule has 32 heavy (non-hydrogen) atoms. The molecular weight excluding hydrogens is 533 g/mol. The number of guanidine groups is 1. The average molecular weight is 566 g/mol. The van der Waals surface area contributed by atoms with E-state index in [0.29, 0.717) is 19.0 Å². The Kier molecular flexibility index (Phi) is 10.7. The number of alkyl halides is 2. The van der Waals surface area contributed by atoms with Crippen molar-refractivity contribution < 1.29 is 23.0 Å². The van der Waals surface area contributed by atoms with E-state index in [-0.39, 0.29) is 59.9 Å².